The Morgan fingerprint density at radius 2 is 1.85 bits per heavy atom. The summed E-state index contributed by atoms with van der Waals surface area (Å²) in [7, 11) is 0. The van der Waals surface area contributed by atoms with Crippen molar-refractivity contribution in [3.8, 4) is 0 Å². The molecule has 3 heteroatoms. The third kappa shape index (κ3) is 3.37. The van der Waals surface area contributed by atoms with Gasteiger partial charge in [-0.15, -0.1) is 0 Å². The summed E-state index contributed by atoms with van der Waals surface area (Å²) in [6.07, 6.45) is 6.79. The number of piperazine rings is 1. The van der Waals surface area contributed by atoms with Crippen molar-refractivity contribution < 1.29 is 0 Å². The molecule has 2 aliphatic rings. The topological polar surface area (TPSA) is 32.5 Å². The van der Waals surface area contributed by atoms with E-state index in [-0.39, 0.29) is 0 Å². The molecule has 1 heterocycles. The summed E-state index contributed by atoms with van der Waals surface area (Å²) in [5, 5.41) is 0. The van der Waals surface area contributed by atoms with Crippen molar-refractivity contribution in [3.63, 3.8) is 0 Å². The number of hydrogen-bond acceptors (Lipinski definition) is 3. The van der Waals surface area contributed by atoms with Crippen LogP contribution in [0.15, 0.2) is 0 Å². The molecule has 3 nitrogen and oxygen atoms in total. The van der Waals surface area contributed by atoms with Gasteiger partial charge in [0.1, 0.15) is 0 Å². The van der Waals surface area contributed by atoms with Gasteiger partial charge in [0.2, 0.25) is 0 Å². The van der Waals surface area contributed by atoms with E-state index >= 15 is 0 Å². The first kappa shape index (κ1) is 16.3. The predicted octanol–water partition coefficient (Wildman–Crippen LogP) is 2.56. The van der Waals surface area contributed by atoms with E-state index in [9.17, 15) is 0 Å². The molecule has 2 rings (SSSR count). The summed E-state index contributed by atoms with van der Waals surface area (Å²) in [5.41, 5.74) is 6.61. The molecule has 0 amide bonds. The van der Waals surface area contributed by atoms with Crippen LogP contribution in [0.2, 0.25) is 0 Å². The lowest BCUT2D eigenvalue weighted by Crippen LogP contribution is -2.64. The van der Waals surface area contributed by atoms with Gasteiger partial charge in [0, 0.05) is 44.8 Å². The summed E-state index contributed by atoms with van der Waals surface area (Å²) in [5.74, 6) is 1.60. The molecule has 1 aliphatic carbocycles. The molecular formula is C17H35N3. The van der Waals surface area contributed by atoms with Crippen molar-refractivity contribution in [1.29, 1.82) is 0 Å². The van der Waals surface area contributed by atoms with Gasteiger partial charge in [-0.1, -0.05) is 40.0 Å². The molecule has 118 valence electrons. The fourth-order valence-corrected chi connectivity index (χ4v) is 4.59. The van der Waals surface area contributed by atoms with Crippen LogP contribution in [0, 0.1) is 11.8 Å². The van der Waals surface area contributed by atoms with Crippen molar-refractivity contribution >= 4 is 0 Å². The molecule has 20 heavy (non-hydrogen) atoms. The highest BCUT2D eigenvalue weighted by atomic mass is 15.3. The Hall–Kier alpha value is -0.120. The smallest absolute Gasteiger partial charge is 0.0360 e. The molecule has 0 aromatic carbocycles. The summed E-state index contributed by atoms with van der Waals surface area (Å²) in [6, 6.07) is 0. The van der Waals surface area contributed by atoms with Gasteiger partial charge in [-0.25, -0.2) is 0 Å². The highest BCUT2D eigenvalue weighted by molar-refractivity contribution is 5.00. The second-order valence-electron chi connectivity index (χ2n) is 7.34. The van der Waals surface area contributed by atoms with Crippen LogP contribution in [0.5, 0.6) is 0 Å². The Balaban J connectivity index is 1.98. The van der Waals surface area contributed by atoms with Gasteiger partial charge in [0.05, 0.1) is 0 Å². The largest absolute Gasteiger partial charge is 0.329 e. The van der Waals surface area contributed by atoms with E-state index in [0.29, 0.717) is 5.54 Å². The molecule has 1 aliphatic heterocycles. The second-order valence-corrected chi connectivity index (χ2v) is 7.34. The van der Waals surface area contributed by atoms with E-state index in [0.717, 1.165) is 18.4 Å². The van der Waals surface area contributed by atoms with E-state index in [1.165, 1.54) is 64.8 Å². The van der Waals surface area contributed by atoms with Gasteiger partial charge in [-0.05, 0) is 24.7 Å². The van der Waals surface area contributed by atoms with Crippen LogP contribution >= 0.6 is 0 Å². The summed E-state index contributed by atoms with van der Waals surface area (Å²) in [4.78, 5) is 5.40. The molecule has 0 aromatic heterocycles. The van der Waals surface area contributed by atoms with Crippen LogP contribution in [0.4, 0.5) is 0 Å². The highest BCUT2D eigenvalue weighted by Crippen LogP contribution is 2.40. The maximum Gasteiger partial charge on any atom is 0.0360 e. The number of nitrogens with zero attached hydrogens (tertiary/aromatic N) is 2. The Morgan fingerprint density at radius 3 is 2.40 bits per heavy atom. The zero-order valence-corrected chi connectivity index (χ0v) is 13.9. The van der Waals surface area contributed by atoms with Crippen LogP contribution in [0.3, 0.4) is 0 Å². The number of nitrogens with two attached hydrogens (primary N) is 1. The van der Waals surface area contributed by atoms with Crippen molar-refractivity contribution in [3.05, 3.63) is 0 Å². The quantitative estimate of drug-likeness (QED) is 0.840. The summed E-state index contributed by atoms with van der Waals surface area (Å²) >= 11 is 0. The van der Waals surface area contributed by atoms with E-state index in [1.807, 2.05) is 0 Å². The standard InChI is InChI=1S/C17H35N3/c1-4-16-7-5-6-8-17(16,14-18)20-11-9-19(10-12-20)13-15(2)3/h15-16H,4-14,18H2,1-3H3. The molecule has 0 bridgehead atoms. The van der Waals surface area contributed by atoms with Crippen molar-refractivity contribution in [1.82, 2.24) is 9.80 Å². The van der Waals surface area contributed by atoms with Gasteiger partial charge in [-0.3, -0.25) is 4.90 Å². The van der Waals surface area contributed by atoms with Crippen LogP contribution < -0.4 is 5.73 Å². The maximum absolute atomic E-state index is 6.30. The van der Waals surface area contributed by atoms with E-state index in [2.05, 4.69) is 30.6 Å². The number of rotatable bonds is 5. The summed E-state index contributed by atoms with van der Waals surface area (Å²) < 4.78 is 0. The van der Waals surface area contributed by atoms with Gasteiger partial charge in [0.25, 0.3) is 0 Å². The third-order valence-electron chi connectivity index (χ3n) is 5.64. The van der Waals surface area contributed by atoms with E-state index in [4.69, 9.17) is 5.73 Å². The maximum atomic E-state index is 6.30. The fourth-order valence-electron chi connectivity index (χ4n) is 4.59. The zero-order chi connectivity index (χ0) is 14.6. The lowest BCUT2D eigenvalue weighted by atomic mass is 9.70. The molecule has 1 saturated carbocycles. The van der Waals surface area contributed by atoms with Crippen molar-refractivity contribution in [2.45, 2.75) is 58.4 Å². The first-order chi connectivity index (χ1) is 9.62. The molecule has 0 aromatic rings. The zero-order valence-electron chi connectivity index (χ0n) is 13.9. The molecule has 0 spiro atoms. The molecule has 2 N–H and O–H groups in total. The normalized spacial score (nSPS) is 33.8. The van der Waals surface area contributed by atoms with Crippen LogP contribution in [-0.4, -0.2) is 54.6 Å². The highest BCUT2D eigenvalue weighted by Gasteiger charge is 2.44. The van der Waals surface area contributed by atoms with Crippen molar-refractivity contribution in [2.75, 3.05) is 39.3 Å². The monoisotopic (exact) mass is 281 g/mol. The average Bonchev–Trinajstić information content (AvgIpc) is 2.47. The van der Waals surface area contributed by atoms with Crippen LogP contribution in [0.1, 0.15) is 52.9 Å². The average molecular weight is 281 g/mol. The predicted molar refractivity (Wildman–Crippen MR) is 86.9 cm³/mol. The van der Waals surface area contributed by atoms with E-state index < -0.39 is 0 Å². The van der Waals surface area contributed by atoms with Gasteiger partial charge >= 0.3 is 0 Å². The molecule has 2 atom stereocenters. The molecule has 2 fully saturated rings. The minimum Gasteiger partial charge on any atom is -0.329 e. The molecule has 0 radical (unpaired) electrons. The van der Waals surface area contributed by atoms with Crippen LogP contribution in [-0.2, 0) is 0 Å². The first-order valence-corrected chi connectivity index (χ1v) is 8.80. The third-order valence-corrected chi connectivity index (χ3v) is 5.64. The SMILES string of the molecule is CCC1CCCCC1(CN)N1CCN(CC(C)C)CC1. The Bertz CT molecular complexity index is 284. The Morgan fingerprint density at radius 1 is 1.15 bits per heavy atom. The van der Waals surface area contributed by atoms with E-state index in [1.54, 1.807) is 0 Å². The fraction of sp³-hybridized carbons (Fsp3) is 1.00. The van der Waals surface area contributed by atoms with Gasteiger partial charge < -0.3 is 10.6 Å². The van der Waals surface area contributed by atoms with Gasteiger partial charge in [0.15, 0.2) is 0 Å². The molecule has 1 saturated heterocycles. The van der Waals surface area contributed by atoms with Crippen LogP contribution in [0.25, 0.3) is 0 Å². The second kappa shape index (κ2) is 7.24. The van der Waals surface area contributed by atoms with Gasteiger partial charge in [-0.2, -0.15) is 0 Å². The lowest BCUT2D eigenvalue weighted by Gasteiger charge is -2.53. The minimum absolute atomic E-state index is 0.316. The van der Waals surface area contributed by atoms with Crippen molar-refractivity contribution in [2.24, 2.45) is 17.6 Å². The molecule has 2 unspecified atom stereocenters. The number of hydrogen-bond donors (Lipinski definition) is 1. The Kier molecular flexibility index (Phi) is 5.88. The Labute approximate surface area is 125 Å². The minimum atomic E-state index is 0.316. The summed E-state index contributed by atoms with van der Waals surface area (Å²) in [6.45, 7) is 14.0. The molecular weight excluding hydrogens is 246 g/mol. The lowest BCUT2D eigenvalue weighted by molar-refractivity contribution is -0.0275. The first-order valence-electron chi connectivity index (χ1n) is 8.80.